The first-order valence-electron chi connectivity index (χ1n) is 7.93. The Bertz CT molecular complexity index is 1060. The molecule has 3 rings (SSSR count). The fourth-order valence-corrected chi connectivity index (χ4v) is 3.48. The number of aromatic nitrogens is 2. The number of rotatable bonds is 3. The van der Waals surface area contributed by atoms with Gasteiger partial charge in [0.2, 0.25) is 5.88 Å². The summed E-state index contributed by atoms with van der Waals surface area (Å²) >= 11 is 0. The van der Waals surface area contributed by atoms with Gasteiger partial charge in [0.05, 0.1) is 24.0 Å². The lowest BCUT2D eigenvalue weighted by Crippen LogP contribution is -2.00. The third-order valence-electron chi connectivity index (χ3n) is 4.52. The Labute approximate surface area is 146 Å². The van der Waals surface area contributed by atoms with E-state index in [-0.39, 0.29) is 5.88 Å². The van der Waals surface area contributed by atoms with E-state index in [9.17, 15) is 10.1 Å². The van der Waals surface area contributed by atoms with Gasteiger partial charge in [-0.15, -0.1) is 0 Å². The van der Waals surface area contributed by atoms with Crippen molar-refractivity contribution in [3.63, 3.8) is 0 Å². The Morgan fingerprint density at radius 3 is 2.52 bits per heavy atom. The van der Waals surface area contributed by atoms with Gasteiger partial charge in [-0.1, -0.05) is 11.6 Å². The minimum absolute atomic E-state index is 0.274. The van der Waals surface area contributed by atoms with E-state index in [1.165, 1.54) is 7.11 Å². The highest BCUT2D eigenvalue weighted by Gasteiger charge is 2.21. The molecule has 0 spiro atoms. The lowest BCUT2D eigenvalue weighted by molar-refractivity contribution is 0.111. The van der Waals surface area contributed by atoms with Gasteiger partial charge in [-0.3, -0.25) is 4.79 Å². The molecular formula is C20H19N3O2. The van der Waals surface area contributed by atoms with Crippen molar-refractivity contribution in [3.8, 4) is 23.2 Å². The Hall–Kier alpha value is -3.13. The fraction of sp³-hybridized carbons (Fsp3) is 0.250. The number of hydrogen-bond donors (Lipinski definition) is 0. The van der Waals surface area contributed by atoms with E-state index in [0.717, 1.165) is 39.4 Å². The van der Waals surface area contributed by atoms with E-state index in [0.29, 0.717) is 17.0 Å². The maximum atomic E-state index is 11.8. The van der Waals surface area contributed by atoms with Gasteiger partial charge in [0.15, 0.2) is 6.29 Å². The zero-order chi connectivity index (χ0) is 18.3. The van der Waals surface area contributed by atoms with E-state index in [1.54, 1.807) is 0 Å². The highest BCUT2D eigenvalue weighted by Crippen LogP contribution is 2.37. The molecule has 2 heterocycles. The molecule has 0 aliphatic heterocycles. The lowest BCUT2D eigenvalue weighted by Gasteiger charge is -2.09. The smallest absolute Gasteiger partial charge is 0.232 e. The van der Waals surface area contributed by atoms with Crippen molar-refractivity contribution < 1.29 is 9.53 Å². The quantitative estimate of drug-likeness (QED) is 0.683. The first-order valence-corrected chi connectivity index (χ1v) is 7.93. The van der Waals surface area contributed by atoms with E-state index >= 15 is 0 Å². The molecule has 0 N–H and O–H groups in total. The maximum absolute atomic E-state index is 11.8. The van der Waals surface area contributed by atoms with E-state index in [2.05, 4.69) is 23.2 Å². The number of ether oxygens (including phenoxy) is 1. The van der Waals surface area contributed by atoms with Crippen molar-refractivity contribution in [2.45, 2.75) is 20.8 Å². The normalized spacial score (nSPS) is 10.7. The van der Waals surface area contributed by atoms with Crippen molar-refractivity contribution >= 4 is 17.2 Å². The SMILES string of the molecule is COc1nc(-c2c(C=O)n(C)c3c(C)cc(C)cc23)cc(C)c1C#N. The molecular weight excluding hydrogens is 314 g/mol. The molecule has 2 aromatic heterocycles. The van der Waals surface area contributed by atoms with Crippen LogP contribution in [0, 0.1) is 32.1 Å². The summed E-state index contributed by atoms with van der Waals surface area (Å²) in [6.45, 7) is 5.90. The molecule has 0 aliphatic carbocycles. The summed E-state index contributed by atoms with van der Waals surface area (Å²) in [6, 6.07) is 8.11. The first kappa shape index (κ1) is 16.7. The monoisotopic (exact) mass is 333 g/mol. The highest BCUT2D eigenvalue weighted by atomic mass is 16.5. The molecule has 0 amide bonds. The molecule has 5 heteroatoms. The molecule has 0 atom stereocenters. The lowest BCUT2D eigenvalue weighted by atomic mass is 10.0. The number of nitriles is 1. The number of pyridine rings is 1. The molecule has 0 aliphatic rings. The standard InChI is InChI=1S/C20H19N3O2/c1-11-6-13(3)19-14(7-11)18(17(10-24)23(19)4)16-8-12(2)15(9-21)20(22-16)25-5/h6-8,10H,1-5H3. The van der Waals surface area contributed by atoms with Gasteiger partial charge in [0, 0.05) is 18.0 Å². The number of nitrogens with zero attached hydrogens (tertiary/aromatic N) is 3. The minimum Gasteiger partial charge on any atom is -0.480 e. The number of fused-ring (bicyclic) bond motifs is 1. The van der Waals surface area contributed by atoms with Crippen LogP contribution in [0.3, 0.4) is 0 Å². The summed E-state index contributed by atoms with van der Waals surface area (Å²) in [5.41, 5.74) is 6.36. The zero-order valence-corrected chi connectivity index (χ0v) is 15.0. The molecule has 25 heavy (non-hydrogen) atoms. The van der Waals surface area contributed by atoms with Gasteiger partial charge in [0.25, 0.3) is 0 Å². The molecule has 0 saturated carbocycles. The van der Waals surface area contributed by atoms with Crippen LogP contribution in [0.1, 0.15) is 32.7 Å². The number of benzene rings is 1. The number of aryl methyl sites for hydroxylation is 4. The zero-order valence-electron chi connectivity index (χ0n) is 15.0. The first-order chi connectivity index (χ1) is 11.9. The molecule has 126 valence electrons. The third kappa shape index (κ3) is 2.47. The van der Waals surface area contributed by atoms with Crippen molar-refractivity contribution in [1.82, 2.24) is 9.55 Å². The van der Waals surface area contributed by atoms with Crippen LogP contribution in [-0.2, 0) is 7.05 Å². The fourth-order valence-electron chi connectivity index (χ4n) is 3.48. The summed E-state index contributed by atoms with van der Waals surface area (Å²) in [5.74, 6) is 0.274. The predicted molar refractivity (Wildman–Crippen MR) is 97.0 cm³/mol. The van der Waals surface area contributed by atoms with Crippen molar-refractivity contribution in [1.29, 1.82) is 5.26 Å². The van der Waals surface area contributed by atoms with Crippen LogP contribution >= 0.6 is 0 Å². The summed E-state index contributed by atoms with van der Waals surface area (Å²) in [4.78, 5) is 16.3. The number of methoxy groups -OCH3 is 1. The molecule has 0 radical (unpaired) electrons. The van der Waals surface area contributed by atoms with Crippen molar-refractivity contribution in [2.24, 2.45) is 7.05 Å². The third-order valence-corrected chi connectivity index (χ3v) is 4.52. The minimum atomic E-state index is 0.274. The Balaban J connectivity index is 2.46. The van der Waals surface area contributed by atoms with Crippen LogP contribution in [0.5, 0.6) is 5.88 Å². The molecule has 0 unspecified atom stereocenters. The van der Waals surface area contributed by atoms with Crippen molar-refractivity contribution in [2.75, 3.05) is 7.11 Å². The van der Waals surface area contributed by atoms with Gasteiger partial charge in [-0.05, 0) is 44.0 Å². The van der Waals surface area contributed by atoms with Gasteiger partial charge in [-0.2, -0.15) is 5.26 Å². The van der Waals surface area contributed by atoms with Crippen LogP contribution in [0.4, 0.5) is 0 Å². The Morgan fingerprint density at radius 1 is 1.20 bits per heavy atom. The maximum Gasteiger partial charge on any atom is 0.232 e. The Morgan fingerprint density at radius 2 is 1.92 bits per heavy atom. The predicted octanol–water partition coefficient (Wildman–Crippen LogP) is 3.86. The van der Waals surface area contributed by atoms with Gasteiger partial charge < -0.3 is 9.30 Å². The topological polar surface area (TPSA) is 67.9 Å². The van der Waals surface area contributed by atoms with Gasteiger partial charge >= 0.3 is 0 Å². The number of aldehydes is 1. The molecule has 0 bridgehead atoms. The second-order valence-corrected chi connectivity index (χ2v) is 6.24. The van der Waals surface area contributed by atoms with Gasteiger partial charge in [-0.25, -0.2) is 4.98 Å². The average molecular weight is 333 g/mol. The second kappa shape index (κ2) is 6.06. The van der Waals surface area contributed by atoms with E-state index in [4.69, 9.17) is 4.74 Å². The number of carbonyl (C=O) groups excluding carboxylic acids is 1. The van der Waals surface area contributed by atoms with Crippen LogP contribution in [0.25, 0.3) is 22.2 Å². The summed E-state index contributed by atoms with van der Waals surface area (Å²) in [5, 5.41) is 10.3. The summed E-state index contributed by atoms with van der Waals surface area (Å²) < 4.78 is 7.19. The number of hydrogen-bond acceptors (Lipinski definition) is 4. The second-order valence-electron chi connectivity index (χ2n) is 6.24. The summed E-state index contributed by atoms with van der Waals surface area (Å²) in [6.07, 6.45) is 0.853. The van der Waals surface area contributed by atoms with Gasteiger partial charge in [0.1, 0.15) is 11.6 Å². The number of carbonyl (C=O) groups is 1. The van der Waals surface area contributed by atoms with E-state index in [1.807, 2.05) is 38.5 Å². The molecule has 3 aromatic rings. The summed E-state index contributed by atoms with van der Waals surface area (Å²) in [7, 11) is 3.37. The van der Waals surface area contributed by atoms with Crippen LogP contribution in [0.2, 0.25) is 0 Å². The highest BCUT2D eigenvalue weighted by molar-refractivity contribution is 6.05. The van der Waals surface area contributed by atoms with Crippen LogP contribution < -0.4 is 4.74 Å². The van der Waals surface area contributed by atoms with E-state index < -0.39 is 0 Å². The molecule has 5 nitrogen and oxygen atoms in total. The average Bonchev–Trinajstić information content (AvgIpc) is 2.85. The molecule has 0 saturated heterocycles. The van der Waals surface area contributed by atoms with Crippen molar-refractivity contribution in [3.05, 3.63) is 46.1 Å². The molecule has 1 aromatic carbocycles. The Kier molecular flexibility index (Phi) is 4.05. The van der Waals surface area contributed by atoms with Crippen LogP contribution in [-0.4, -0.2) is 22.9 Å². The van der Waals surface area contributed by atoms with Crippen LogP contribution in [0.15, 0.2) is 18.2 Å². The molecule has 0 fully saturated rings. The largest absolute Gasteiger partial charge is 0.480 e.